The predicted octanol–water partition coefficient (Wildman–Crippen LogP) is 0.0309. The average molecular weight is 235 g/mol. The Balaban J connectivity index is 2.04. The second-order valence-electron chi connectivity index (χ2n) is 4.20. The van der Waals surface area contributed by atoms with Crippen molar-refractivity contribution in [1.29, 1.82) is 0 Å². The SMILES string of the molecule is Cc1ccc(N2CCN(CCO)CC2=O)cn1. The highest BCUT2D eigenvalue weighted by atomic mass is 16.3. The number of pyridine rings is 1. The number of hydrogen-bond donors (Lipinski definition) is 1. The zero-order chi connectivity index (χ0) is 12.3. The highest BCUT2D eigenvalue weighted by molar-refractivity contribution is 5.95. The van der Waals surface area contributed by atoms with Crippen molar-refractivity contribution in [2.45, 2.75) is 6.92 Å². The van der Waals surface area contributed by atoms with Gasteiger partial charge in [0.2, 0.25) is 5.91 Å². The molecule has 2 heterocycles. The van der Waals surface area contributed by atoms with E-state index in [-0.39, 0.29) is 12.5 Å². The molecule has 92 valence electrons. The summed E-state index contributed by atoms with van der Waals surface area (Å²) in [6.45, 7) is 4.40. The standard InChI is InChI=1S/C12H17N3O2/c1-10-2-3-11(8-13-10)15-5-4-14(6-7-16)9-12(15)17/h2-3,8,16H,4-7,9H2,1H3. The lowest BCUT2D eigenvalue weighted by Gasteiger charge is -2.33. The number of hydrogen-bond acceptors (Lipinski definition) is 4. The molecule has 1 saturated heterocycles. The van der Waals surface area contributed by atoms with Crippen LogP contribution >= 0.6 is 0 Å². The molecule has 1 fully saturated rings. The first-order chi connectivity index (χ1) is 8.20. The van der Waals surface area contributed by atoms with Gasteiger partial charge in [0.15, 0.2) is 0 Å². The molecule has 1 aliphatic heterocycles. The van der Waals surface area contributed by atoms with Crippen molar-refractivity contribution >= 4 is 11.6 Å². The second kappa shape index (κ2) is 5.25. The van der Waals surface area contributed by atoms with Crippen LogP contribution in [0.5, 0.6) is 0 Å². The van der Waals surface area contributed by atoms with Crippen molar-refractivity contribution < 1.29 is 9.90 Å². The Labute approximate surface area is 101 Å². The summed E-state index contributed by atoms with van der Waals surface area (Å²) >= 11 is 0. The largest absolute Gasteiger partial charge is 0.395 e. The van der Waals surface area contributed by atoms with Crippen LogP contribution in [0.3, 0.4) is 0 Å². The summed E-state index contributed by atoms with van der Waals surface area (Å²) in [5, 5.41) is 8.84. The van der Waals surface area contributed by atoms with Crippen LogP contribution in [0.25, 0.3) is 0 Å². The van der Waals surface area contributed by atoms with E-state index in [9.17, 15) is 4.79 Å². The lowest BCUT2D eigenvalue weighted by atomic mass is 10.2. The summed E-state index contributed by atoms with van der Waals surface area (Å²) in [6, 6.07) is 3.82. The van der Waals surface area contributed by atoms with Crippen molar-refractivity contribution in [1.82, 2.24) is 9.88 Å². The third kappa shape index (κ3) is 2.81. The molecule has 1 aromatic heterocycles. The van der Waals surface area contributed by atoms with Crippen LogP contribution in [0, 0.1) is 6.92 Å². The molecule has 5 nitrogen and oxygen atoms in total. The maximum absolute atomic E-state index is 11.9. The van der Waals surface area contributed by atoms with Gasteiger partial charge >= 0.3 is 0 Å². The van der Waals surface area contributed by atoms with Crippen LogP contribution in [-0.2, 0) is 4.79 Å². The van der Waals surface area contributed by atoms with Crippen molar-refractivity contribution in [3.63, 3.8) is 0 Å². The highest BCUT2D eigenvalue weighted by Crippen LogP contribution is 2.16. The van der Waals surface area contributed by atoms with E-state index >= 15 is 0 Å². The van der Waals surface area contributed by atoms with Crippen LogP contribution in [0.4, 0.5) is 5.69 Å². The number of carbonyl (C=O) groups is 1. The molecule has 1 aliphatic rings. The van der Waals surface area contributed by atoms with Crippen LogP contribution in [-0.4, -0.2) is 53.7 Å². The topological polar surface area (TPSA) is 56.7 Å². The first-order valence-electron chi connectivity index (χ1n) is 5.77. The summed E-state index contributed by atoms with van der Waals surface area (Å²) in [6.07, 6.45) is 1.73. The van der Waals surface area contributed by atoms with Gasteiger partial charge in [-0.05, 0) is 19.1 Å². The van der Waals surface area contributed by atoms with E-state index in [2.05, 4.69) is 4.98 Å². The number of aliphatic hydroxyl groups is 1. The molecule has 1 aromatic rings. The number of β-amino-alcohol motifs (C(OH)–C–C–N with tert-alkyl or cyclic N) is 1. The minimum Gasteiger partial charge on any atom is -0.395 e. The molecule has 0 spiro atoms. The van der Waals surface area contributed by atoms with Crippen molar-refractivity contribution in [3.8, 4) is 0 Å². The molecular weight excluding hydrogens is 218 g/mol. The van der Waals surface area contributed by atoms with Gasteiger partial charge in [-0.15, -0.1) is 0 Å². The first kappa shape index (κ1) is 12.0. The number of aryl methyl sites for hydroxylation is 1. The molecule has 0 saturated carbocycles. The number of rotatable bonds is 3. The maximum atomic E-state index is 11.9. The summed E-state index contributed by atoms with van der Waals surface area (Å²) in [5.41, 5.74) is 1.80. The normalized spacial score (nSPS) is 17.5. The molecule has 5 heteroatoms. The summed E-state index contributed by atoms with van der Waals surface area (Å²) in [7, 11) is 0. The van der Waals surface area contributed by atoms with Crippen molar-refractivity contribution in [2.75, 3.05) is 37.7 Å². The van der Waals surface area contributed by atoms with Gasteiger partial charge in [-0.3, -0.25) is 14.7 Å². The Morgan fingerprint density at radius 1 is 1.41 bits per heavy atom. The first-order valence-corrected chi connectivity index (χ1v) is 5.77. The molecule has 0 aromatic carbocycles. The van der Waals surface area contributed by atoms with Gasteiger partial charge in [0, 0.05) is 25.3 Å². The van der Waals surface area contributed by atoms with Crippen molar-refractivity contribution in [2.24, 2.45) is 0 Å². The van der Waals surface area contributed by atoms with E-state index in [0.717, 1.165) is 17.9 Å². The van der Waals surface area contributed by atoms with Gasteiger partial charge in [-0.25, -0.2) is 0 Å². The van der Waals surface area contributed by atoms with Gasteiger partial charge in [-0.1, -0.05) is 0 Å². The summed E-state index contributed by atoms with van der Waals surface area (Å²) in [5.74, 6) is 0.0651. The molecule has 1 N–H and O–H groups in total. The Hall–Kier alpha value is -1.46. The van der Waals surface area contributed by atoms with Gasteiger partial charge in [0.25, 0.3) is 0 Å². The highest BCUT2D eigenvalue weighted by Gasteiger charge is 2.24. The fraction of sp³-hybridized carbons (Fsp3) is 0.500. The number of piperazine rings is 1. The molecule has 2 rings (SSSR count). The number of anilines is 1. The van der Waals surface area contributed by atoms with E-state index in [4.69, 9.17) is 5.11 Å². The van der Waals surface area contributed by atoms with Crippen LogP contribution < -0.4 is 4.90 Å². The summed E-state index contributed by atoms with van der Waals surface area (Å²) in [4.78, 5) is 19.8. The summed E-state index contributed by atoms with van der Waals surface area (Å²) < 4.78 is 0. The van der Waals surface area contributed by atoms with E-state index in [0.29, 0.717) is 19.6 Å². The lowest BCUT2D eigenvalue weighted by molar-refractivity contribution is -0.121. The Kier molecular flexibility index (Phi) is 3.71. The van der Waals surface area contributed by atoms with Crippen LogP contribution in [0.15, 0.2) is 18.3 Å². The average Bonchev–Trinajstić information content (AvgIpc) is 2.31. The molecule has 0 atom stereocenters. The number of nitrogens with zero attached hydrogens (tertiary/aromatic N) is 3. The number of carbonyl (C=O) groups excluding carboxylic acids is 1. The van der Waals surface area contributed by atoms with E-state index in [1.807, 2.05) is 24.0 Å². The molecule has 0 aliphatic carbocycles. The fourth-order valence-corrected chi connectivity index (χ4v) is 1.95. The van der Waals surface area contributed by atoms with Gasteiger partial charge < -0.3 is 10.0 Å². The predicted molar refractivity (Wildman–Crippen MR) is 64.9 cm³/mol. The lowest BCUT2D eigenvalue weighted by Crippen LogP contribution is -2.51. The minimum absolute atomic E-state index is 0.0651. The smallest absolute Gasteiger partial charge is 0.241 e. The minimum atomic E-state index is 0.0651. The quantitative estimate of drug-likeness (QED) is 0.803. The van der Waals surface area contributed by atoms with E-state index < -0.39 is 0 Å². The third-order valence-electron chi connectivity index (χ3n) is 2.92. The fourth-order valence-electron chi connectivity index (χ4n) is 1.95. The van der Waals surface area contributed by atoms with Crippen LogP contribution in [0.2, 0.25) is 0 Å². The Morgan fingerprint density at radius 3 is 2.82 bits per heavy atom. The Morgan fingerprint density at radius 2 is 2.24 bits per heavy atom. The van der Waals surface area contributed by atoms with Crippen LogP contribution in [0.1, 0.15) is 5.69 Å². The second-order valence-corrected chi connectivity index (χ2v) is 4.20. The number of amides is 1. The Bertz CT molecular complexity index is 391. The molecular formula is C12H17N3O2. The van der Waals surface area contributed by atoms with Crippen molar-refractivity contribution in [3.05, 3.63) is 24.0 Å². The molecule has 17 heavy (non-hydrogen) atoms. The maximum Gasteiger partial charge on any atom is 0.241 e. The number of aliphatic hydroxyl groups excluding tert-OH is 1. The molecule has 0 bridgehead atoms. The molecule has 1 amide bonds. The number of aromatic nitrogens is 1. The third-order valence-corrected chi connectivity index (χ3v) is 2.92. The van der Waals surface area contributed by atoms with E-state index in [1.54, 1.807) is 11.1 Å². The molecule has 0 radical (unpaired) electrons. The molecule has 0 unspecified atom stereocenters. The zero-order valence-electron chi connectivity index (χ0n) is 9.96. The van der Waals surface area contributed by atoms with Gasteiger partial charge in [-0.2, -0.15) is 0 Å². The van der Waals surface area contributed by atoms with Gasteiger partial charge in [0.05, 0.1) is 25.0 Å². The monoisotopic (exact) mass is 235 g/mol. The van der Waals surface area contributed by atoms with Gasteiger partial charge in [0.1, 0.15) is 0 Å². The zero-order valence-corrected chi connectivity index (χ0v) is 9.96. The van der Waals surface area contributed by atoms with E-state index in [1.165, 1.54) is 0 Å².